The number of rotatable bonds is 4. The normalized spacial score (nSPS) is 10.0. The number of methoxy groups -OCH3 is 2. The molecule has 0 unspecified atom stereocenters. The fourth-order valence-electron chi connectivity index (χ4n) is 1.90. The number of hydrogen-bond acceptors (Lipinski definition) is 4. The minimum atomic E-state index is -0.456. The molecule has 5 heteroatoms. The van der Waals surface area contributed by atoms with E-state index in [-0.39, 0.29) is 11.4 Å². The number of nitrogens with zero attached hydrogens (tertiary/aromatic N) is 1. The molecule has 0 heterocycles. The summed E-state index contributed by atoms with van der Waals surface area (Å²) in [6, 6.07) is 12.1. The molecule has 0 saturated carbocycles. The topological polar surface area (TPSA) is 61.6 Å². The Bertz CT molecular complexity index is 610. The first-order chi connectivity index (χ1) is 9.17. The van der Waals surface area contributed by atoms with Gasteiger partial charge in [0, 0.05) is 11.6 Å². The van der Waals surface area contributed by atoms with Gasteiger partial charge < -0.3 is 9.47 Å². The van der Waals surface area contributed by atoms with Crippen molar-refractivity contribution < 1.29 is 14.4 Å². The molecule has 0 N–H and O–H groups in total. The van der Waals surface area contributed by atoms with Crippen molar-refractivity contribution >= 4 is 5.69 Å². The Hall–Kier alpha value is -2.56. The van der Waals surface area contributed by atoms with Crippen LogP contribution in [0.4, 0.5) is 5.69 Å². The Morgan fingerprint density at radius 2 is 1.79 bits per heavy atom. The van der Waals surface area contributed by atoms with Gasteiger partial charge in [-0.05, 0) is 17.7 Å². The molecule has 0 saturated heterocycles. The van der Waals surface area contributed by atoms with Crippen LogP contribution in [-0.4, -0.2) is 19.1 Å². The van der Waals surface area contributed by atoms with Gasteiger partial charge in [0.2, 0.25) is 5.75 Å². The Labute approximate surface area is 110 Å². The number of nitro groups is 1. The Morgan fingerprint density at radius 1 is 1.05 bits per heavy atom. The number of nitro benzene ring substituents is 1. The maximum atomic E-state index is 11.0. The van der Waals surface area contributed by atoms with E-state index in [1.54, 1.807) is 19.2 Å². The highest BCUT2D eigenvalue weighted by Gasteiger charge is 2.19. The minimum Gasteiger partial charge on any atom is -0.497 e. The Balaban J connectivity index is 2.61. The van der Waals surface area contributed by atoms with Crippen molar-refractivity contribution in [3.05, 3.63) is 52.6 Å². The molecule has 2 rings (SSSR count). The van der Waals surface area contributed by atoms with Crippen molar-refractivity contribution in [1.29, 1.82) is 0 Å². The van der Waals surface area contributed by atoms with Crippen LogP contribution in [0.1, 0.15) is 0 Å². The van der Waals surface area contributed by atoms with Crippen LogP contribution in [0, 0.1) is 10.1 Å². The second-order valence-electron chi connectivity index (χ2n) is 3.85. The van der Waals surface area contributed by atoms with E-state index in [1.165, 1.54) is 13.2 Å². The van der Waals surface area contributed by atoms with E-state index < -0.39 is 4.92 Å². The molecule has 0 aliphatic carbocycles. The standard InChI is InChI=1S/C14H13NO4/c1-18-11-6-3-5-10(9-11)12-7-4-8-13(15(16)17)14(12)19-2/h3-9H,1-2H3. The maximum Gasteiger partial charge on any atom is 0.311 e. The molecule has 0 fully saturated rings. The summed E-state index contributed by atoms with van der Waals surface area (Å²) in [6.07, 6.45) is 0. The quantitative estimate of drug-likeness (QED) is 0.624. The molecule has 5 nitrogen and oxygen atoms in total. The maximum absolute atomic E-state index is 11.0. The van der Waals surface area contributed by atoms with E-state index in [2.05, 4.69) is 0 Å². The van der Waals surface area contributed by atoms with Gasteiger partial charge in [-0.25, -0.2) is 0 Å². The average Bonchev–Trinajstić information content (AvgIpc) is 2.46. The van der Waals surface area contributed by atoms with Gasteiger partial charge in [0.15, 0.2) is 0 Å². The van der Waals surface area contributed by atoms with Gasteiger partial charge in [0.1, 0.15) is 5.75 Å². The number of hydrogen-bond donors (Lipinski definition) is 0. The van der Waals surface area contributed by atoms with Crippen molar-refractivity contribution in [3.63, 3.8) is 0 Å². The molecular weight excluding hydrogens is 246 g/mol. The summed E-state index contributed by atoms with van der Waals surface area (Å²) in [7, 11) is 3.00. The first kappa shape index (κ1) is 12.9. The van der Waals surface area contributed by atoms with E-state index in [0.29, 0.717) is 11.3 Å². The van der Waals surface area contributed by atoms with Gasteiger partial charge in [-0.15, -0.1) is 0 Å². The molecule has 0 atom stereocenters. The van der Waals surface area contributed by atoms with Crippen molar-refractivity contribution in [1.82, 2.24) is 0 Å². The lowest BCUT2D eigenvalue weighted by Gasteiger charge is -2.09. The lowest BCUT2D eigenvalue weighted by atomic mass is 10.0. The zero-order valence-corrected chi connectivity index (χ0v) is 10.6. The predicted molar refractivity (Wildman–Crippen MR) is 71.6 cm³/mol. The van der Waals surface area contributed by atoms with Crippen LogP contribution < -0.4 is 9.47 Å². The van der Waals surface area contributed by atoms with Crippen LogP contribution in [0.3, 0.4) is 0 Å². The second-order valence-corrected chi connectivity index (χ2v) is 3.85. The molecule has 0 bridgehead atoms. The Morgan fingerprint density at radius 3 is 2.42 bits per heavy atom. The summed E-state index contributed by atoms with van der Waals surface area (Å²) in [5, 5.41) is 11.0. The minimum absolute atomic E-state index is 0.0529. The van der Waals surface area contributed by atoms with Crippen LogP contribution in [0.2, 0.25) is 0 Å². The molecular formula is C14H13NO4. The molecule has 0 spiro atoms. The molecule has 0 aliphatic rings. The van der Waals surface area contributed by atoms with Crippen LogP contribution in [0.5, 0.6) is 11.5 Å². The SMILES string of the molecule is COc1cccc(-c2cccc([N+](=O)[O-])c2OC)c1. The van der Waals surface area contributed by atoms with E-state index in [4.69, 9.17) is 9.47 Å². The smallest absolute Gasteiger partial charge is 0.311 e. The summed E-state index contributed by atoms with van der Waals surface area (Å²) in [6.45, 7) is 0. The molecule has 0 aliphatic heterocycles. The van der Waals surface area contributed by atoms with E-state index in [0.717, 1.165) is 5.56 Å². The first-order valence-electron chi connectivity index (χ1n) is 5.63. The van der Waals surface area contributed by atoms with Gasteiger partial charge in [-0.2, -0.15) is 0 Å². The highest BCUT2D eigenvalue weighted by molar-refractivity contribution is 5.76. The summed E-state index contributed by atoms with van der Waals surface area (Å²) in [5.74, 6) is 0.937. The zero-order valence-electron chi connectivity index (χ0n) is 10.6. The van der Waals surface area contributed by atoms with E-state index >= 15 is 0 Å². The third-order valence-corrected chi connectivity index (χ3v) is 2.78. The van der Waals surface area contributed by atoms with E-state index in [9.17, 15) is 10.1 Å². The Kier molecular flexibility index (Phi) is 3.66. The molecule has 2 aromatic rings. The van der Waals surface area contributed by atoms with Gasteiger partial charge in [0.05, 0.1) is 19.1 Å². The van der Waals surface area contributed by atoms with Gasteiger partial charge in [-0.3, -0.25) is 10.1 Å². The number of para-hydroxylation sites is 1. The largest absolute Gasteiger partial charge is 0.497 e. The zero-order chi connectivity index (χ0) is 13.8. The van der Waals surface area contributed by atoms with Crippen LogP contribution >= 0.6 is 0 Å². The van der Waals surface area contributed by atoms with Gasteiger partial charge in [-0.1, -0.05) is 24.3 Å². The summed E-state index contributed by atoms with van der Waals surface area (Å²) < 4.78 is 10.3. The highest BCUT2D eigenvalue weighted by atomic mass is 16.6. The van der Waals surface area contributed by atoms with Crippen molar-refractivity contribution in [2.24, 2.45) is 0 Å². The molecule has 0 radical (unpaired) electrons. The third-order valence-electron chi connectivity index (χ3n) is 2.78. The van der Waals surface area contributed by atoms with Gasteiger partial charge >= 0.3 is 5.69 Å². The number of benzene rings is 2. The molecule has 98 valence electrons. The molecule has 0 amide bonds. The predicted octanol–water partition coefficient (Wildman–Crippen LogP) is 3.28. The fourth-order valence-corrected chi connectivity index (χ4v) is 1.90. The van der Waals surface area contributed by atoms with Crippen molar-refractivity contribution in [3.8, 4) is 22.6 Å². The summed E-state index contributed by atoms with van der Waals surface area (Å²) >= 11 is 0. The molecule has 19 heavy (non-hydrogen) atoms. The third kappa shape index (κ3) is 2.49. The van der Waals surface area contributed by atoms with Crippen LogP contribution in [0.15, 0.2) is 42.5 Å². The average molecular weight is 259 g/mol. The molecule has 2 aromatic carbocycles. The van der Waals surface area contributed by atoms with Crippen LogP contribution in [-0.2, 0) is 0 Å². The summed E-state index contributed by atoms with van der Waals surface area (Å²) in [5.41, 5.74) is 1.42. The van der Waals surface area contributed by atoms with Crippen LogP contribution in [0.25, 0.3) is 11.1 Å². The fraction of sp³-hybridized carbons (Fsp3) is 0.143. The molecule has 0 aromatic heterocycles. The van der Waals surface area contributed by atoms with Gasteiger partial charge in [0.25, 0.3) is 0 Å². The number of ether oxygens (including phenoxy) is 2. The lowest BCUT2D eigenvalue weighted by molar-refractivity contribution is -0.385. The van der Waals surface area contributed by atoms with Crippen molar-refractivity contribution in [2.45, 2.75) is 0 Å². The monoisotopic (exact) mass is 259 g/mol. The summed E-state index contributed by atoms with van der Waals surface area (Å²) in [4.78, 5) is 10.5. The van der Waals surface area contributed by atoms with E-state index in [1.807, 2.05) is 24.3 Å². The lowest BCUT2D eigenvalue weighted by Crippen LogP contribution is -1.96. The highest BCUT2D eigenvalue weighted by Crippen LogP contribution is 2.38. The second kappa shape index (κ2) is 5.39. The first-order valence-corrected chi connectivity index (χ1v) is 5.63. The van der Waals surface area contributed by atoms with Crippen molar-refractivity contribution in [2.75, 3.05) is 14.2 Å².